The summed E-state index contributed by atoms with van der Waals surface area (Å²) in [6.07, 6.45) is 1.88. The first-order valence-electron chi connectivity index (χ1n) is 5.26. The van der Waals surface area contributed by atoms with Gasteiger partial charge in [-0.05, 0) is 18.1 Å². The Kier molecular flexibility index (Phi) is 2.58. The molecule has 0 unspecified atom stereocenters. The predicted octanol–water partition coefficient (Wildman–Crippen LogP) is 2.66. The van der Waals surface area contributed by atoms with Gasteiger partial charge in [0.25, 0.3) is 0 Å². The van der Waals surface area contributed by atoms with Gasteiger partial charge in [-0.25, -0.2) is 0 Å². The highest BCUT2D eigenvalue weighted by Gasteiger charge is 2.02. The molecule has 0 saturated heterocycles. The molecule has 0 radical (unpaired) electrons. The molecule has 2 rings (SSSR count). The normalized spacial score (nSPS) is 11.1. The maximum atomic E-state index is 11.6. The van der Waals surface area contributed by atoms with Crippen LogP contribution in [0.4, 0.5) is 0 Å². The van der Waals surface area contributed by atoms with Crippen LogP contribution in [0.25, 0.3) is 10.9 Å². The van der Waals surface area contributed by atoms with Gasteiger partial charge in [0, 0.05) is 24.2 Å². The molecule has 1 heterocycles. The van der Waals surface area contributed by atoms with E-state index in [4.69, 9.17) is 0 Å². The van der Waals surface area contributed by atoms with Crippen LogP contribution >= 0.6 is 0 Å². The fourth-order valence-electron chi connectivity index (χ4n) is 1.81. The van der Waals surface area contributed by atoms with Crippen LogP contribution in [0.15, 0.2) is 41.3 Å². The van der Waals surface area contributed by atoms with Crippen molar-refractivity contribution in [1.82, 2.24) is 4.57 Å². The van der Waals surface area contributed by atoms with Gasteiger partial charge in [-0.1, -0.05) is 26.0 Å². The van der Waals surface area contributed by atoms with Gasteiger partial charge >= 0.3 is 0 Å². The molecule has 0 aliphatic rings. The Balaban J connectivity index is 2.66. The van der Waals surface area contributed by atoms with Crippen LogP contribution < -0.4 is 5.43 Å². The molecule has 2 nitrogen and oxygen atoms in total. The topological polar surface area (TPSA) is 22.0 Å². The molecule has 2 heteroatoms. The summed E-state index contributed by atoms with van der Waals surface area (Å²) in [4.78, 5) is 11.6. The van der Waals surface area contributed by atoms with Gasteiger partial charge in [-0.3, -0.25) is 4.79 Å². The van der Waals surface area contributed by atoms with Crippen molar-refractivity contribution in [1.29, 1.82) is 0 Å². The fourth-order valence-corrected chi connectivity index (χ4v) is 1.81. The molecule has 0 bridgehead atoms. The summed E-state index contributed by atoms with van der Waals surface area (Å²) in [5.41, 5.74) is 1.13. The molecule has 15 heavy (non-hydrogen) atoms. The summed E-state index contributed by atoms with van der Waals surface area (Å²) in [7, 11) is 0. The third-order valence-electron chi connectivity index (χ3n) is 2.45. The van der Waals surface area contributed by atoms with Gasteiger partial charge in [0.15, 0.2) is 5.43 Å². The fraction of sp³-hybridized carbons (Fsp3) is 0.308. The number of para-hydroxylation sites is 1. The summed E-state index contributed by atoms with van der Waals surface area (Å²) >= 11 is 0. The highest BCUT2D eigenvalue weighted by Crippen LogP contribution is 2.11. The number of pyridine rings is 1. The molecule has 0 atom stereocenters. The summed E-state index contributed by atoms with van der Waals surface area (Å²) in [6.45, 7) is 5.29. The maximum Gasteiger partial charge on any atom is 0.189 e. The van der Waals surface area contributed by atoms with Gasteiger partial charge in [-0.15, -0.1) is 0 Å². The minimum absolute atomic E-state index is 0.102. The standard InChI is InChI=1S/C13H15NO/c1-10(2)9-14-8-7-13(15)11-5-3-4-6-12(11)14/h3-8,10H,9H2,1-2H3. The van der Waals surface area contributed by atoms with Gasteiger partial charge < -0.3 is 4.57 Å². The Hall–Kier alpha value is -1.57. The molecule has 0 aliphatic carbocycles. The molecule has 2 aromatic rings. The number of hydrogen-bond donors (Lipinski definition) is 0. The molecule has 0 fully saturated rings. The Morgan fingerprint density at radius 1 is 1.20 bits per heavy atom. The van der Waals surface area contributed by atoms with Crippen LogP contribution in [0.5, 0.6) is 0 Å². The third kappa shape index (κ3) is 1.94. The zero-order valence-corrected chi connectivity index (χ0v) is 9.10. The lowest BCUT2D eigenvalue weighted by Crippen LogP contribution is -2.10. The lowest BCUT2D eigenvalue weighted by atomic mass is 10.1. The number of hydrogen-bond acceptors (Lipinski definition) is 1. The molecule has 78 valence electrons. The molecular weight excluding hydrogens is 186 g/mol. The molecule has 1 aromatic carbocycles. The first kappa shape index (κ1) is 9.97. The van der Waals surface area contributed by atoms with Crippen molar-refractivity contribution in [2.24, 2.45) is 5.92 Å². The van der Waals surface area contributed by atoms with Gasteiger partial charge in [0.05, 0.1) is 5.52 Å². The van der Waals surface area contributed by atoms with Gasteiger partial charge in [0.1, 0.15) is 0 Å². The second-order valence-electron chi connectivity index (χ2n) is 4.24. The van der Waals surface area contributed by atoms with Crippen molar-refractivity contribution in [2.75, 3.05) is 0 Å². The maximum absolute atomic E-state index is 11.6. The predicted molar refractivity (Wildman–Crippen MR) is 63.0 cm³/mol. The van der Waals surface area contributed by atoms with Crippen LogP contribution in [0.3, 0.4) is 0 Å². The van der Waals surface area contributed by atoms with Crippen molar-refractivity contribution in [3.8, 4) is 0 Å². The average molecular weight is 201 g/mol. The summed E-state index contributed by atoms with van der Waals surface area (Å²) in [6, 6.07) is 9.40. The molecule has 0 saturated carbocycles. The largest absolute Gasteiger partial charge is 0.347 e. The van der Waals surface area contributed by atoms with Crippen LogP contribution in [-0.4, -0.2) is 4.57 Å². The van der Waals surface area contributed by atoms with Crippen LogP contribution in [0.2, 0.25) is 0 Å². The first-order chi connectivity index (χ1) is 7.18. The molecule has 0 spiro atoms. The van der Waals surface area contributed by atoms with Gasteiger partial charge in [-0.2, -0.15) is 0 Å². The lowest BCUT2D eigenvalue weighted by Gasteiger charge is -2.12. The zero-order valence-electron chi connectivity index (χ0n) is 9.10. The Morgan fingerprint density at radius 2 is 1.93 bits per heavy atom. The van der Waals surface area contributed by atoms with E-state index < -0.39 is 0 Å². The molecule has 0 aliphatic heterocycles. The number of aromatic nitrogens is 1. The number of nitrogens with zero attached hydrogens (tertiary/aromatic N) is 1. The highest BCUT2D eigenvalue weighted by molar-refractivity contribution is 5.78. The van der Waals surface area contributed by atoms with Crippen molar-refractivity contribution < 1.29 is 0 Å². The quantitative estimate of drug-likeness (QED) is 0.732. The van der Waals surface area contributed by atoms with Gasteiger partial charge in [0.2, 0.25) is 0 Å². The SMILES string of the molecule is CC(C)Cn1ccc(=O)c2ccccc21. The van der Waals surface area contributed by atoms with E-state index in [1.807, 2.05) is 30.5 Å². The van der Waals surface area contributed by atoms with Crippen LogP contribution in [0.1, 0.15) is 13.8 Å². The smallest absolute Gasteiger partial charge is 0.189 e. The Bertz CT molecular complexity index is 525. The molecule has 1 aromatic heterocycles. The zero-order chi connectivity index (χ0) is 10.8. The van der Waals surface area contributed by atoms with E-state index in [9.17, 15) is 4.79 Å². The molecule has 0 N–H and O–H groups in total. The molecule has 0 amide bonds. The van der Waals surface area contributed by atoms with Crippen molar-refractivity contribution in [3.63, 3.8) is 0 Å². The summed E-state index contributed by atoms with van der Waals surface area (Å²) in [5.74, 6) is 0.580. The third-order valence-corrected chi connectivity index (χ3v) is 2.45. The second kappa shape index (κ2) is 3.89. The average Bonchev–Trinajstić information content (AvgIpc) is 2.22. The second-order valence-corrected chi connectivity index (χ2v) is 4.24. The number of fused-ring (bicyclic) bond motifs is 1. The Morgan fingerprint density at radius 3 is 2.67 bits per heavy atom. The van der Waals surface area contributed by atoms with Crippen molar-refractivity contribution >= 4 is 10.9 Å². The monoisotopic (exact) mass is 201 g/mol. The molecular formula is C13H15NO. The Labute approximate surface area is 89.2 Å². The van der Waals surface area contributed by atoms with E-state index in [2.05, 4.69) is 18.4 Å². The highest BCUT2D eigenvalue weighted by atomic mass is 16.1. The van der Waals surface area contributed by atoms with Crippen LogP contribution in [0, 0.1) is 5.92 Å². The summed E-state index contributed by atoms with van der Waals surface area (Å²) in [5, 5.41) is 0.806. The van der Waals surface area contributed by atoms with E-state index in [1.165, 1.54) is 0 Å². The number of benzene rings is 1. The minimum atomic E-state index is 0.102. The van der Waals surface area contributed by atoms with E-state index in [0.717, 1.165) is 17.4 Å². The summed E-state index contributed by atoms with van der Waals surface area (Å²) < 4.78 is 2.14. The first-order valence-corrected chi connectivity index (χ1v) is 5.26. The van der Waals surface area contributed by atoms with Crippen LogP contribution in [-0.2, 0) is 6.54 Å². The van der Waals surface area contributed by atoms with Crippen molar-refractivity contribution in [3.05, 3.63) is 46.8 Å². The lowest BCUT2D eigenvalue weighted by molar-refractivity contribution is 0.533. The van der Waals surface area contributed by atoms with E-state index >= 15 is 0 Å². The van der Waals surface area contributed by atoms with E-state index in [0.29, 0.717) is 5.92 Å². The number of rotatable bonds is 2. The van der Waals surface area contributed by atoms with E-state index in [1.54, 1.807) is 6.07 Å². The minimum Gasteiger partial charge on any atom is -0.347 e. The van der Waals surface area contributed by atoms with E-state index in [-0.39, 0.29) is 5.43 Å². The van der Waals surface area contributed by atoms with Crippen molar-refractivity contribution in [2.45, 2.75) is 20.4 Å².